The van der Waals surface area contributed by atoms with Crippen LogP contribution >= 0.6 is 0 Å². The van der Waals surface area contributed by atoms with E-state index in [1.165, 1.54) is 0 Å². The Hall–Kier alpha value is -2.40. The smallest absolute Gasteiger partial charge is 0.248 e. The van der Waals surface area contributed by atoms with Crippen molar-refractivity contribution in [2.75, 3.05) is 5.32 Å². The number of nitrogens with one attached hydrogen (secondary N) is 1. The summed E-state index contributed by atoms with van der Waals surface area (Å²) >= 11 is 0. The molecule has 1 heterocycles. The lowest BCUT2D eigenvalue weighted by Gasteiger charge is -2.45. The van der Waals surface area contributed by atoms with Gasteiger partial charge in [0.1, 0.15) is 5.82 Å². The van der Waals surface area contributed by atoms with Crippen molar-refractivity contribution in [2.24, 2.45) is 11.5 Å². The molecule has 0 radical (unpaired) electrons. The third-order valence-corrected chi connectivity index (χ3v) is 3.97. The van der Waals surface area contributed by atoms with Gasteiger partial charge in [0.15, 0.2) is 0 Å². The molecule has 0 aliphatic heterocycles. The number of primary amides is 1. The highest BCUT2D eigenvalue weighted by Gasteiger charge is 2.42. The van der Waals surface area contributed by atoms with Crippen LogP contribution in [0.25, 0.3) is 0 Å². The van der Waals surface area contributed by atoms with E-state index in [9.17, 15) is 4.79 Å². The Morgan fingerprint density at radius 1 is 1.24 bits per heavy atom. The van der Waals surface area contributed by atoms with Crippen molar-refractivity contribution in [3.63, 3.8) is 0 Å². The number of anilines is 1. The molecule has 0 saturated heterocycles. The van der Waals surface area contributed by atoms with Gasteiger partial charge < -0.3 is 16.8 Å². The number of hydrogen-bond donors (Lipinski definition) is 3. The van der Waals surface area contributed by atoms with E-state index in [4.69, 9.17) is 11.5 Å². The Balaban J connectivity index is 1.65. The molecule has 108 valence electrons. The van der Waals surface area contributed by atoms with Crippen LogP contribution in [0, 0.1) is 0 Å². The Morgan fingerprint density at radius 2 is 1.95 bits per heavy atom. The van der Waals surface area contributed by atoms with Crippen molar-refractivity contribution in [1.82, 2.24) is 4.98 Å². The maximum atomic E-state index is 11.2. The van der Waals surface area contributed by atoms with Crippen molar-refractivity contribution >= 4 is 11.7 Å². The second kappa shape index (κ2) is 5.18. The molecule has 1 aromatic heterocycles. The molecule has 0 atom stereocenters. The van der Waals surface area contributed by atoms with E-state index in [0.29, 0.717) is 11.4 Å². The van der Waals surface area contributed by atoms with Crippen LogP contribution in [0.15, 0.2) is 48.7 Å². The predicted molar refractivity (Wildman–Crippen MR) is 81.7 cm³/mol. The number of hydrogen-bond acceptors (Lipinski definition) is 4. The zero-order chi connectivity index (χ0) is 14.9. The van der Waals surface area contributed by atoms with Gasteiger partial charge in [0.25, 0.3) is 0 Å². The van der Waals surface area contributed by atoms with Crippen LogP contribution in [0.3, 0.4) is 0 Å². The average Bonchev–Trinajstić information content (AvgIpc) is 2.46. The Morgan fingerprint density at radius 3 is 2.62 bits per heavy atom. The maximum Gasteiger partial charge on any atom is 0.248 e. The molecule has 2 aromatic rings. The first-order valence-corrected chi connectivity index (χ1v) is 6.94. The van der Waals surface area contributed by atoms with Gasteiger partial charge in [-0.25, -0.2) is 4.98 Å². The fraction of sp³-hybridized carbons (Fsp3) is 0.250. The fourth-order valence-electron chi connectivity index (χ4n) is 2.80. The first-order chi connectivity index (χ1) is 10.1. The molecule has 21 heavy (non-hydrogen) atoms. The van der Waals surface area contributed by atoms with E-state index >= 15 is 0 Å². The molecule has 1 aliphatic rings. The number of nitrogens with two attached hydrogens (primary N) is 2. The largest absolute Gasteiger partial charge is 0.367 e. The van der Waals surface area contributed by atoms with E-state index in [1.807, 2.05) is 18.2 Å². The highest BCUT2D eigenvalue weighted by molar-refractivity contribution is 5.93. The van der Waals surface area contributed by atoms with Gasteiger partial charge >= 0.3 is 0 Å². The minimum absolute atomic E-state index is 0.255. The molecule has 1 aliphatic carbocycles. The summed E-state index contributed by atoms with van der Waals surface area (Å²) in [4.78, 5) is 15.4. The number of nitrogens with zero attached hydrogens (tertiary/aromatic N) is 1. The lowest BCUT2D eigenvalue weighted by Crippen LogP contribution is -2.54. The molecule has 3 rings (SSSR count). The fourth-order valence-corrected chi connectivity index (χ4v) is 2.80. The van der Waals surface area contributed by atoms with Crippen LogP contribution in [0.5, 0.6) is 0 Å². The van der Waals surface area contributed by atoms with Crippen LogP contribution in [-0.2, 0) is 5.54 Å². The van der Waals surface area contributed by atoms with Gasteiger partial charge in [-0.3, -0.25) is 4.79 Å². The van der Waals surface area contributed by atoms with Crippen LogP contribution in [0.2, 0.25) is 0 Å². The summed E-state index contributed by atoms with van der Waals surface area (Å²) in [7, 11) is 0. The van der Waals surface area contributed by atoms with E-state index in [2.05, 4.69) is 22.4 Å². The molecule has 1 aromatic carbocycles. The summed E-state index contributed by atoms with van der Waals surface area (Å²) in [5.74, 6) is 0.206. The summed E-state index contributed by atoms with van der Waals surface area (Å²) in [5.41, 5.74) is 13.0. The molecule has 1 saturated carbocycles. The van der Waals surface area contributed by atoms with E-state index < -0.39 is 5.91 Å². The van der Waals surface area contributed by atoms with Crippen LogP contribution in [0.4, 0.5) is 5.82 Å². The molecule has 0 bridgehead atoms. The maximum absolute atomic E-state index is 11.2. The van der Waals surface area contributed by atoms with E-state index in [1.54, 1.807) is 18.3 Å². The summed E-state index contributed by atoms with van der Waals surface area (Å²) < 4.78 is 0. The Kier molecular flexibility index (Phi) is 3.35. The standard InChI is InChI=1S/C16H18N4O/c17-15(21)11-6-7-19-14(8-11)20-13-9-16(18,10-13)12-4-2-1-3-5-12/h1-8,13H,9-10,18H2,(H2,17,21)(H,19,20). The van der Waals surface area contributed by atoms with Gasteiger partial charge in [0.05, 0.1) is 0 Å². The highest BCUT2D eigenvalue weighted by atomic mass is 16.1. The first kappa shape index (κ1) is 13.6. The molecule has 5 N–H and O–H groups in total. The SMILES string of the molecule is NC(=O)c1ccnc(NC2CC(N)(c3ccccc3)C2)c1. The summed E-state index contributed by atoms with van der Waals surface area (Å²) in [6, 6.07) is 13.6. The lowest BCUT2D eigenvalue weighted by molar-refractivity contribution is 0.1000. The topological polar surface area (TPSA) is 94.0 Å². The number of benzene rings is 1. The minimum atomic E-state index is -0.452. The van der Waals surface area contributed by atoms with Crippen molar-refractivity contribution in [1.29, 1.82) is 0 Å². The highest BCUT2D eigenvalue weighted by Crippen LogP contribution is 2.40. The quantitative estimate of drug-likeness (QED) is 0.794. The number of aromatic nitrogens is 1. The van der Waals surface area contributed by atoms with Gasteiger partial charge in [-0.05, 0) is 30.5 Å². The molecule has 1 fully saturated rings. The van der Waals surface area contributed by atoms with Crippen molar-refractivity contribution < 1.29 is 4.79 Å². The van der Waals surface area contributed by atoms with Gasteiger partial charge in [0, 0.05) is 23.3 Å². The average molecular weight is 282 g/mol. The Labute approximate surface area is 123 Å². The minimum Gasteiger partial charge on any atom is -0.367 e. The lowest BCUT2D eigenvalue weighted by atomic mass is 9.69. The number of rotatable bonds is 4. The second-order valence-corrected chi connectivity index (χ2v) is 5.57. The zero-order valence-electron chi connectivity index (χ0n) is 11.6. The number of carbonyl (C=O) groups excluding carboxylic acids is 1. The molecule has 5 nitrogen and oxygen atoms in total. The predicted octanol–water partition coefficient (Wildman–Crippen LogP) is 1.61. The van der Waals surface area contributed by atoms with E-state index in [0.717, 1.165) is 18.4 Å². The van der Waals surface area contributed by atoms with Gasteiger partial charge in [0.2, 0.25) is 5.91 Å². The summed E-state index contributed by atoms with van der Waals surface area (Å²) in [6.07, 6.45) is 3.24. The number of pyridine rings is 1. The van der Waals surface area contributed by atoms with Gasteiger partial charge in [-0.15, -0.1) is 0 Å². The summed E-state index contributed by atoms with van der Waals surface area (Å²) in [6.45, 7) is 0. The second-order valence-electron chi connectivity index (χ2n) is 5.57. The third kappa shape index (κ3) is 2.73. The Bertz CT molecular complexity index is 650. The zero-order valence-corrected chi connectivity index (χ0v) is 11.6. The van der Waals surface area contributed by atoms with Crippen LogP contribution in [0.1, 0.15) is 28.8 Å². The van der Waals surface area contributed by atoms with Crippen LogP contribution < -0.4 is 16.8 Å². The first-order valence-electron chi connectivity index (χ1n) is 6.94. The molecule has 1 amide bonds. The molecule has 5 heteroatoms. The van der Waals surface area contributed by atoms with Crippen molar-refractivity contribution in [3.8, 4) is 0 Å². The number of carbonyl (C=O) groups is 1. The van der Waals surface area contributed by atoms with Crippen molar-refractivity contribution in [3.05, 3.63) is 59.8 Å². The third-order valence-electron chi connectivity index (χ3n) is 3.97. The van der Waals surface area contributed by atoms with Gasteiger partial charge in [-0.1, -0.05) is 30.3 Å². The molecule has 0 spiro atoms. The van der Waals surface area contributed by atoms with Crippen molar-refractivity contribution in [2.45, 2.75) is 24.4 Å². The summed E-state index contributed by atoms with van der Waals surface area (Å²) in [5, 5.41) is 3.30. The monoisotopic (exact) mass is 282 g/mol. The van der Waals surface area contributed by atoms with Gasteiger partial charge in [-0.2, -0.15) is 0 Å². The molecular weight excluding hydrogens is 264 g/mol. The molecule has 0 unspecified atom stereocenters. The van der Waals surface area contributed by atoms with E-state index in [-0.39, 0.29) is 11.6 Å². The normalized spacial score (nSPS) is 24.1. The molecular formula is C16H18N4O. The van der Waals surface area contributed by atoms with Crippen LogP contribution in [-0.4, -0.2) is 16.9 Å². The number of amides is 1.